The van der Waals surface area contributed by atoms with E-state index in [-0.39, 0.29) is 0 Å². The number of rotatable bonds is 7. The maximum atomic E-state index is 3.57. The lowest BCUT2D eigenvalue weighted by Crippen LogP contribution is -2.40. The van der Waals surface area contributed by atoms with Gasteiger partial charge in [0.2, 0.25) is 0 Å². The molecule has 15 heavy (non-hydrogen) atoms. The minimum absolute atomic E-state index is 0.866. The normalized spacial score (nSPS) is 23.2. The quantitative estimate of drug-likeness (QED) is 0.519. The summed E-state index contributed by atoms with van der Waals surface area (Å²) in [5.74, 6) is 2.61. The fraction of sp³-hybridized carbons (Fsp3) is 1.00. The van der Waals surface area contributed by atoms with E-state index < -0.39 is 0 Å². The summed E-state index contributed by atoms with van der Waals surface area (Å²) in [5, 5.41) is 1.16. The van der Waals surface area contributed by atoms with Crippen molar-refractivity contribution in [3.8, 4) is 0 Å². The van der Waals surface area contributed by atoms with E-state index in [1.54, 1.807) is 0 Å². The first-order valence-electron chi connectivity index (χ1n) is 6.26. The molecule has 0 N–H and O–H groups in total. The first kappa shape index (κ1) is 13.9. The Kier molecular flexibility index (Phi) is 8.21. The van der Waals surface area contributed by atoms with Gasteiger partial charge in [0, 0.05) is 11.4 Å². The molecule has 1 aliphatic heterocycles. The predicted molar refractivity (Wildman–Crippen MR) is 75.2 cm³/mol. The summed E-state index contributed by atoms with van der Waals surface area (Å²) >= 11 is 5.65. The van der Waals surface area contributed by atoms with Gasteiger partial charge in [-0.05, 0) is 50.3 Å². The Morgan fingerprint density at radius 1 is 1.40 bits per heavy atom. The molecule has 0 aromatic rings. The summed E-state index contributed by atoms with van der Waals surface area (Å²) < 4.78 is 0. The van der Waals surface area contributed by atoms with E-state index >= 15 is 0 Å². The van der Waals surface area contributed by atoms with Gasteiger partial charge < -0.3 is 4.90 Å². The number of piperidine rings is 1. The number of thioether (sulfide) groups is 1. The highest BCUT2D eigenvalue weighted by Crippen LogP contribution is 2.20. The Morgan fingerprint density at radius 2 is 2.27 bits per heavy atom. The molecule has 1 fully saturated rings. The molecule has 0 radical (unpaired) electrons. The van der Waals surface area contributed by atoms with E-state index in [2.05, 4.69) is 39.5 Å². The smallest absolute Gasteiger partial charge is 0.0103 e. The zero-order valence-electron chi connectivity index (χ0n) is 9.88. The van der Waals surface area contributed by atoms with Gasteiger partial charge in [0.25, 0.3) is 0 Å². The monoisotopic (exact) mass is 293 g/mol. The summed E-state index contributed by atoms with van der Waals surface area (Å²) in [5.41, 5.74) is 0. The molecule has 0 amide bonds. The topological polar surface area (TPSA) is 3.24 Å². The Bertz CT molecular complexity index is 153. The summed E-state index contributed by atoms with van der Waals surface area (Å²) in [6.07, 6.45) is 6.99. The summed E-state index contributed by atoms with van der Waals surface area (Å²) in [4.78, 5) is 2.72. The Balaban J connectivity index is 2.17. The van der Waals surface area contributed by atoms with Crippen LogP contribution in [0, 0.1) is 0 Å². The molecule has 1 nitrogen and oxygen atoms in total. The highest BCUT2D eigenvalue weighted by Gasteiger charge is 2.20. The zero-order valence-corrected chi connectivity index (χ0v) is 12.3. The van der Waals surface area contributed by atoms with Crippen molar-refractivity contribution < 1.29 is 0 Å². The minimum Gasteiger partial charge on any atom is -0.300 e. The van der Waals surface area contributed by atoms with Crippen LogP contribution < -0.4 is 0 Å². The van der Waals surface area contributed by atoms with Crippen molar-refractivity contribution >= 4 is 27.7 Å². The highest BCUT2D eigenvalue weighted by atomic mass is 79.9. The van der Waals surface area contributed by atoms with E-state index in [0.29, 0.717) is 0 Å². The van der Waals surface area contributed by atoms with Gasteiger partial charge in [-0.1, -0.05) is 29.3 Å². The molecule has 1 unspecified atom stereocenters. The molecule has 0 bridgehead atoms. The predicted octanol–water partition coefficient (Wildman–Crippen LogP) is 3.77. The number of nitrogens with zero attached hydrogens (tertiary/aromatic N) is 1. The van der Waals surface area contributed by atoms with Crippen molar-refractivity contribution in [2.45, 2.75) is 45.1 Å². The van der Waals surface area contributed by atoms with Crippen molar-refractivity contribution in [3.63, 3.8) is 0 Å². The third kappa shape index (κ3) is 5.60. The molecule has 1 atom stereocenters. The van der Waals surface area contributed by atoms with Crippen LogP contribution >= 0.6 is 27.7 Å². The van der Waals surface area contributed by atoms with E-state index in [1.165, 1.54) is 56.7 Å². The summed E-state index contributed by atoms with van der Waals surface area (Å²) in [6.45, 7) is 4.92. The summed E-state index contributed by atoms with van der Waals surface area (Å²) in [7, 11) is 0. The molecule has 90 valence electrons. The molecule has 0 aliphatic carbocycles. The SMILES string of the molecule is CCSCCCN1CCCCC1CCBr. The van der Waals surface area contributed by atoms with Crippen molar-refractivity contribution in [2.24, 2.45) is 0 Å². The van der Waals surface area contributed by atoms with Crippen LogP contribution in [0.4, 0.5) is 0 Å². The highest BCUT2D eigenvalue weighted by molar-refractivity contribution is 9.09. The molecule has 3 heteroatoms. The average Bonchev–Trinajstić information content (AvgIpc) is 2.27. The van der Waals surface area contributed by atoms with Gasteiger partial charge in [-0.2, -0.15) is 11.8 Å². The van der Waals surface area contributed by atoms with Crippen LogP contribution in [0.5, 0.6) is 0 Å². The third-order valence-electron chi connectivity index (χ3n) is 3.13. The molecule has 1 saturated heterocycles. The van der Waals surface area contributed by atoms with E-state index in [1.807, 2.05) is 0 Å². The summed E-state index contributed by atoms with van der Waals surface area (Å²) in [6, 6.07) is 0.866. The van der Waals surface area contributed by atoms with Gasteiger partial charge in [0.1, 0.15) is 0 Å². The van der Waals surface area contributed by atoms with Crippen LogP contribution in [-0.2, 0) is 0 Å². The lowest BCUT2D eigenvalue weighted by Gasteiger charge is -2.35. The molecule has 0 aromatic carbocycles. The Morgan fingerprint density at radius 3 is 3.00 bits per heavy atom. The van der Waals surface area contributed by atoms with E-state index in [0.717, 1.165) is 11.4 Å². The molecule has 0 saturated carbocycles. The van der Waals surface area contributed by atoms with Crippen LogP contribution in [0.1, 0.15) is 39.0 Å². The first-order chi connectivity index (χ1) is 7.38. The molecular weight excluding hydrogens is 270 g/mol. The number of hydrogen-bond donors (Lipinski definition) is 0. The standard InChI is InChI=1S/C12H24BrNS/c1-2-15-11-5-10-14-9-4-3-6-12(14)7-8-13/h12H,2-11H2,1H3. The van der Waals surface area contributed by atoms with Crippen molar-refractivity contribution in [3.05, 3.63) is 0 Å². The third-order valence-corrected chi connectivity index (χ3v) is 4.57. The second-order valence-corrected chi connectivity index (χ2v) is 6.40. The molecular formula is C12H24BrNS. The van der Waals surface area contributed by atoms with Crippen LogP contribution in [0.25, 0.3) is 0 Å². The zero-order chi connectivity index (χ0) is 10.9. The van der Waals surface area contributed by atoms with E-state index in [4.69, 9.17) is 0 Å². The molecule has 0 spiro atoms. The van der Waals surface area contributed by atoms with Crippen LogP contribution in [-0.4, -0.2) is 40.9 Å². The fourth-order valence-corrected chi connectivity index (χ4v) is 3.47. The van der Waals surface area contributed by atoms with Crippen molar-refractivity contribution in [2.75, 3.05) is 29.9 Å². The lowest BCUT2D eigenvalue weighted by atomic mass is 10.00. The number of hydrogen-bond acceptors (Lipinski definition) is 2. The molecule has 1 rings (SSSR count). The van der Waals surface area contributed by atoms with Gasteiger partial charge in [-0.3, -0.25) is 0 Å². The minimum atomic E-state index is 0.866. The van der Waals surface area contributed by atoms with E-state index in [9.17, 15) is 0 Å². The first-order valence-corrected chi connectivity index (χ1v) is 8.54. The van der Waals surface area contributed by atoms with Crippen molar-refractivity contribution in [1.82, 2.24) is 4.90 Å². The average molecular weight is 294 g/mol. The van der Waals surface area contributed by atoms with Gasteiger partial charge in [0.15, 0.2) is 0 Å². The Labute approximate surface area is 107 Å². The molecule has 0 aromatic heterocycles. The largest absolute Gasteiger partial charge is 0.300 e. The lowest BCUT2D eigenvalue weighted by molar-refractivity contribution is 0.146. The van der Waals surface area contributed by atoms with Crippen LogP contribution in [0.15, 0.2) is 0 Å². The van der Waals surface area contributed by atoms with Gasteiger partial charge in [-0.25, -0.2) is 0 Å². The fourth-order valence-electron chi connectivity index (χ4n) is 2.32. The maximum Gasteiger partial charge on any atom is 0.0103 e. The second kappa shape index (κ2) is 8.89. The van der Waals surface area contributed by atoms with Crippen LogP contribution in [0.2, 0.25) is 0 Å². The number of halogens is 1. The number of likely N-dealkylation sites (tertiary alicyclic amines) is 1. The molecule has 1 aliphatic rings. The van der Waals surface area contributed by atoms with Crippen molar-refractivity contribution in [1.29, 1.82) is 0 Å². The molecule has 1 heterocycles. The van der Waals surface area contributed by atoms with Gasteiger partial charge in [-0.15, -0.1) is 0 Å². The number of alkyl halides is 1. The van der Waals surface area contributed by atoms with Gasteiger partial charge >= 0.3 is 0 Å². The Hall–Kier alpha value is 0.790. The van der Waals surface area contributed by atoms with Crippen LogP contribution in [0.3, 0.4) is 0 Å². The maximum absolute atomic E-state index is 3.57. The van der Waals surface area contributed by atoms with Gasteiger partial charge in [0.05, 0.1) is 0 Å². The second-order valence-electron chi connectivity index (χ2n) is 4.21.